The Balaban J connectivity index is 1.99. The van der Waals surface area contributed by atoms with Gasteiger partial charge in [0.25, 0.3) is 0 Å². The molecule has 1 aromatic carbocycles. The Labute approximate surface area is 125 Å². The predicted molar refractivity (Wildman–Crippen MR) is 85.2 cm³/mol. The van der Waals surface area contributed by atoms with Gasteiger partial charge in [0, 0.05) is 32.0 Å². The first-order valence-corrected chi connectivity index (χ1v) is 7.53. The van der Waals surface area contributed by atoms with Gasteiger partial charge in [-0.15, -0.1) is 0 Å². The topological polar surface area (TPSA) is 59.0 Å². The maximum absolute atomic E-state index is 11.9. The molecule has 0 aliphatic rings. The van der Waals surface area contributed by atoms with E-state index >= 15 is 0 Å². The number of hydrogen-bond donors (Lipinski definition) is 2. The van der Waals surface area contributed by atoms with Crippen LogP contribution in [0.1, 0.15) is 19.7 Å². The summed E-state index contributed by atoms with van der Waals surface area (Å²) in [4.78, 5) is 16.5. The number of carbonyl (C=O) groups excluding carboxylic acids is 1. The molecule has 1 aromatic heterocycles. The first kappa shape index (κ1) is 15.5. The number of aromatic nitrogens is 2. The van der Waals surface area contributed by atoms with Crippen molar-refractivity contribution in [2.45, 2.75) is 26.8 Å². The Bertz CT molecular complexity index is 605. The van der Waals surface area contributed by atoms with Crippen LogP contribution in [0.3, 0.4) is 0 Å². The van der Waals surface area contributed by atoms with E-state index in [1.54, 1.807) is 0 Å². The van der Waals surface area contributed by atoms with E-state index in [4.69, 9.17) is 0 Å². The molecule has 1 unspecified atom stereocenters. The lowest BCUT2D eigenvalue weighted by Gasteiger charge is -2.11. The minimum absolute atomic E-state index is 0.0139. The lowest BCUT2D eigenvalue weighted by Crippen LogP contribution is -2.35. The maximum atomic E-state index is 11.9. The van der Waals surface area contributed by atoms with E-state index in [-0.39, 0.29) is 11.8 Å². The number of para-hydroxylation sites is 2. The lowest BCUT2D eigenvalue weighted by molar-refractivity contribution is -0.124. The number of rotatable bonds is 7. The SMILES string of the molecule is CCn1c(CCNC(=O)C(C)CNC)nc2ccccc21. The summed E-state index contributed by atoms with van der Waals surface area (Å²) in [5.74, 6) is 1.10. The first-order valence-electron chi connectivity index (χ1n) is 7.53. The molecule has 5 heteroatoms. The van der Waals surface area contributed by atoms with Gasteiger partial charge < -0.3 is 15.2 Å². The number of fused-ring (bicyclic) bond motifs is 1. The van der Waals surface area contributed by atoms with Gasteiger partial charge in [-0.05, 0) is 26.1 Å². The highest BCUT2D eigenvalue weighted by Crippen LogP contribution is 2.15. The molecule has 0 saturated heterocycles. The second-order valence-electron chi connectivity index (χ2n) is 5.26. The summed E-state index contributed by atoms with van der Waals surface area (Å²) in [6, 6.07) is 8.14. The fraction of sp³-hybridized carbons (Fsp3) is 0.500. The van der Waals surface area contributed by atoms with Crippen molar-refractivity contribution in [3.63, 3.8) is 0 Å². The zero-order valence-electron chi connectivity index (χ0n) is 13.0. The van der Waals surface area contributed by atoms with Gasteiger partial charge in [0.15, 0.2) is 0 Å². The van der Waals surface area contributed by atoms with E-state index in [2.05, 4.69) is 33.2 Å². The fourth-order valence-electron chi connectivity index (χ4n) is 2.54. The van der Waals surface area contributed by atoms with Gasteiger partial charge in [0.2, 0.25) is 5.91 Å². The van der Waals surface area contributed by atoms with Gasteiger partial charge in [-0.3, -0.25) is 4.79 Å². The third-order valence-electron chi connectivity index (χ3n) is 3.66. The molecule has 0 fully saturated rings. The molecule has 2 N–H and O–H groups in total. The van der Waals surface area contributed by atoms with E-state index in [1.165, 1.54) is 0 Å². The number of nitrogens with zero attached hydrogens (tertiary/aromatic N) is 2. The van der Waals surface area contributed by atoms with Crippen LogP contribution in [-0.4, -0.2) is 35.6 Å². The summed E-state index contributed by atoms with van der Waals surface area (Å²) in [6.45, 7) is 6.24. The molecule has 5 nitrogen and oxygen atoms in total. The molecule has 0 bridgehead atoms. The number of hydrogen-bond acceptors (Lipinski definition) is 3. The molecule has 2 rings (SSSR count). The van der Waals surface area contributed by atoms with Crippen LogP contribution in [0.2, 0.25) is 0 Å². The number of amides is 1. The van der Waals surface area contributed by atoms with Crippen LogP contribution >= 0.6 is 0 Å². The van der Waals surface area contributed by atoms with Crippen LogP contribution in [0.5, 0.6) is 0 Å². The van der Waals surface area contributed by atoms with Gasteiger partial charge >= 0.3 is 0 Å². The van der Waals surface area contributed by atoms with Crippen molar-refractivity contribution in [3.8, 4) is 0 Å². The average molecular weight is 288 g/mol. The number of benzene rings is 1. The highest BCUT2D eigenvalue weighted by atomic mass is 16.1. The number of aryl methyl sites for hydroxylation is 1. The number of imidazole rings is 1. The van der Waals surface area contributed by atoms with E-state index in [0.29, 0.717) is 13.1 Å². The average Bonchev–Trinajstić information content (AvgIpc) is 2.84. The van der Waals surface area contributed by atoms with Gasteiger partial charge in [0.1, 0.15) is 5.82 Å². The molecule has 21 heavy (non-hydrogen) atoms. The molecule has 1 heterocycles. The third-order valence-corrected chi connectivity index (χ3v) is 3.66. The smallest absolute Gasteiger partial charge is 0.224 e. The monoisotopic (exact) mass is 288 g/mol. The molecule has 0 aliphatic carbocycles. The second kappa shape index (κ2) is 7.22. The standard InChI is InChI=1S/C16H24N4O/c1-4-20-14-8-6-5-7-13(14)19-15(20)9-10-18-16(21)12(2)11-17-3/h5-8,12,17H,4,9-11H2,1-3H3,(H,18,21). The summed E-state index contributed by atoms with van der Waals surface area (Å²) in [5.41, 5.74) is 2.18. The lowest BCUT2D eigenvalue weighted by atomic mass is 10.1. The van der Waals surface area contributed by atoms with E-state index in [9.17, 15) is 4.79 Å². The summed E-state index contributed by atoms with van der Waals surface area (Å²) in [5, 5.41) is 5.99. The highest BCUT2D eigenvalue weighted by molar-refractivity contribution is 5.78. The normalized spacial score (nSPS) is 12.5. The molecular formula is C16H24N4O. The van der Waals surface area contributed by atoms with E-state index in [1.807, 2.05) is 32.2 Å². The molecule has 0 spiro atoms. The Hall–Kier alpha value is -1.88. The Kier molecular flexibility index (Phi) is 5.33. The second-order valence-corrected chi connectivity index (χ2v) is 5.26. The van der Waals surface area contributed by atoms with Crippen molar-refractivity contribution >= 4 is 16.9 Å². The minimum atomic E-state index is -0.0139. The highest BCUT2D eigenvalue weighted by Gasteiger charge is 2.12. The molecule has 1 amide bonds. The number of nitrogens with one attached hydrogen (secondary N) is 2. The summed E-state index contributed by atoms with van der Waals surface area (Å²) >= 11 is 0. The van der Waals surface area contributed by atoms with Gasteiger partial charge in [-0.1, -0.05) is 19.1 Å². The maximum Gasteiger partial charge on any atom is 0.224 e. The zero-order chi connectivity index (χ0) is 15.2. The zero-order valence-corrected chi connectivity index (χ0v) is 13.0. The molecule has 0 aliphatic heterocycles. The van der Waals surface area contributed by atoms with Crippen LogP contribution in [0.25, 0.3) is 11.0 Å². The number of carbonyl (C=O) groups is 1. The van der Waals surface area contributed by atoms with E-state index in [0.717, 1.165) is 29.8 Å². The third kappa shape index (κ3) is 3.61. The van der Waals surface area contributed by atoms with Crippen molar-refractivity contribution in [2.24, 2.45) is 5.92 Å². The quantitative estimate of drug-likeness (QED) is 0.813. The van der Waals surface area contributed by atoms with Crippen molar-refractivity contribution in [3.05, 3.63) is 30.1 Å². The first-order chi connectivity index (χ1) is 10.2. The summed E-state index contributed by atoms with van der Waals surface area (Å²) in [7, 11) is 1.85. The summed E-state index contributed by atoms with van der Waals surface area (Å²) in [6.07, 6.45) is 0.751. The van der Waals surface area contributed by atoms with Crippen molar-refractivity contribution < 1.29 is 4.79 Å². The van der Waals surface area contributed by atoms with E-state index < -0.39 is 0 Å². The fourth-order valence-corrected chi connectivity index (χ4v) is 2.54. The Morgan fingerprint density at radius 1 is 1.38 bits per heavy atom. The predicted octanol–water partition coefficient (Wildman–Crippen LogP) is 1.57. The Morgan fingerprint density at radius 2 is 2.14 bits per heavy atom. The van der Waals surface area contributed by atoms with Crippen molar-refractivity contribution in [1.29, 1.82) is 0 Å². The molecule has 114 valence electrons. The van der Waals surface area contributed by atoms with Crippen LogP contribution < -0.4 is 10.6 Å². The molecule has 2 aromatic rings. The molecular weight excluding hydrogens is 264 g/mol. The van der Waals surface area contributed by atoms with Gasteiger partial charge in [-0.25, -0.2) is 4.98 Å². The Morgan fingerprint density at radius 3 is 2.86 bits per heavy atom. The van der Waals surface area contributed by atoms with Crippen LogP contribution in [-0.2, 0) is 17.8 Å². The summed E-state index contributed by atoms with van der Waals surface area (Å²) < 4.78 is 2.21. The van der Waals surface area contributed by atoms with Gasteiger partial charge in [-0.2, -0.15) is 0 Å². The van der Waals surface area contributed by atoms with Crippen molar-refractivity contribution in [1.82, 2.24) is 20.2 Å². The van der Waals surface area contributed by atoms with Gasteiger partial charge in [0.05, 0.1) is 11.0 Å². The van der Waals surface area contributed by atoms with Crippen LogP contribution in [0, 0.1) is 5.92 Å². The largest absolute Gasteiger partial charge is 0.355 e. The molecule has 0 saturated carbocycles. The molecule has 0 radical (unpaired) electrons. The molecule has 1 atom stereocenters. The van der Waals surface area contributed by atoms with Crippen LogP contribution in [0.15, 0.2) is 24.3 Å². The van der Waals surface area contributed by atoms with Crippen LogP contribution in [0.4, 0.5) is 0 Å². The van der Waals surface area contributed by atoms with Crippen molar-refractivity contribution in [2.75, 3.05) is 20.1 Å². The minimum Gasteiger partial charge on any atom is -0.355 e.